The minimum atomic E-state index is 0. The van der Waals surface area contributed by atoms with Crippen LogP contribution in [0.5, 0.6) is 0 Å². The Morgan fingerprint density at radius 3 is 2.60 bits per heavy atom. The van der Waals surface area contributed by atoms with Crippen molar-refractivity contribution in [1.82, 2.24) is 10.6 Å². The van der Waals surface area contributed by atoms with Crippen molar-refractivity contribution < 1.29 is 4.79 Å². The molecule has 0 aliphatic heterocycles. The lowest BCUT2D eigenvalue weighted by Crippen LogP contribution is -2.37. The van der Waals surface area contributed by atoms with Crippen LogP contribution >= 0.6 is 24.0 Å². The molecule has 1 aromatic rings. The van der Waals surface area contributed by atoms with Crippen molar-refractivity contribution >= 4 is 41.5 Å². The maximum Gasteiger partial charge on any atom is 0.227 e. The van der Waals surface area contributed by atoms with Crippen LogP contribution in [-0.4, -0.2) is 25.5 Å². The molecule has 0 spiro atoms. The molecule has 0 aliphatic carbocycles. The summed E-state index contributed by atoms with van der Waals surface area (Å²) in [4.78, 5) is 16.2. The lowest BCUT2D eigenvalue weighted by atomic mass is 10.1. The molecule has 6 heteroatoms. The van der Waals surface area contributed by atoms with Crippen molar-refractivity contribution in [2.45, 2.75) is 53.0 Å². The summed E-state index contributed by atoms with van der Waals surface area (Å²) in [5.74, 6) is 0.897. The van der Waals surface area contributed by atoms with Crippen LogP contribution in [0.3, 0.4) is 0 Å². The van der Waals surface area contributed by atoms with E-state index in [1.54, 1.807) is 7.05 Å². The molecule has 0 saturated heterocycles. The number of hydrogen-bond acceptors (Lipinski definition) is 2. The number of amides is 1. The zero-order valence-corrected chi connectivity index (χ0v) is 18.2. The van der Waals surface area contributed by atoms with E-state index in [2.05, 4.69) is 27.9 Å². The maximum atomic E-state index is 12.0. The Bertz CT molecular complexity index is 534. The van der Waals surface area contributed by atoms with Gasteiger partial charge in [0.15, 0.2) is 5.96 Å². The molecule has 142 valence electrons. The smallest absolute Gasteiger partial charge is 0.227 e. The number of carbonyl (C=O) groups excluding carboxylic acids is 1. The molecule has 3 N–H and O–H groups in total. The number of benzene rings is 1. The minimum absolute atomic E-state index is 0. The standard InChI is InChI=1S/C19H32N4O.HI/c1-5-7-8-12-21-19(20-4)22-14-16-10-9-11-17(13-16)23-18(24)15(3)6-2;/h9-11,13,15H,5-8,12,14H2,1-4H3,(H,23,24)(H2,20,21,22);1H. The molecule has 1 amide bonds. The molecule has 1 atom stereocenters. The van der Waals surface area contributed by atoms with Crippen LogP contribution in [-0.2, 0) is 11.3 Å². The molecule has 0 aliphatic rings. The number of carbonyl (C=O) groups is 1. The number of anilines is 1. The highest BCUT2D eigenvalue weighted by Gasteiger charge is 2.10. The van der Waals surface area contributed by atoms with Crippen LogP contribution < -0.4 is 16.0 Å². The number of guanidine groups is 1. The van der Waals surface area contributed by atoms with Gasteiger partial charge in [-0.25, -0.2) is 0 Å². The van der Waals surface area contributed by atoms with E-state index in [9.17, 15) is 4.79 Å². The first-order valence-electron chi connectivity index (χ1n) is 8.95. The van der Waals surface area contributed by atoms with Gasteiger partial charge in [-0.1, -0.05) is 45.7 Å². The van der Waals surface area contributed by atoms with Crippen LogP contribution in [0.15, 0.2) is 29.3 Å². The lowest BCUT2D eigenvalue weighted by Gasteiger charge is -2.13. The van der Waals surface area contributed by atoms with E-state index in [-0.39, 0.29) is 35.8 Å². The van der Waals surface area contributed by atoms with Crippen molar-refractivity contribution in [3.63, 3.8) is 0 Å². The van der Waals surface area contributed by atoms with Crippen LogP contribution in [0.1, 0.15) is 52.0 Å². The number of rotatable bonds is 9. The van der Waals surface area contributed by atoms with Crippen molar-refractivity contribution in [3.8, 4) is 0 Å². The van der Waals surface area contributed by atoms with E-state index in [0.29, 0.717) is 6.54 Å². The first-order chi connectivity index (χ1) is 11.6. The first-order valence-corrected chi connectivity index (χ1v) is 8.95. The van der Waals surface area contributed by atoms with Crippen LogP contribution in [0.25, 0.3) is 0 Å². The molecule has 5 nitrogen and oxygen atoms in total. The van der Waals surface area contributed by atoms with Crippen LogP contribution in [0.2, 0.25) is 0 Å². The van der Waals surface area contributed by atoms with Gasteiger partial charge >= 0.3 is 0 Å². The van der Waals surface area contributed by atoms with E-state index < -0.39 is 0 Å². The second-order valence-corrected chi connectivity index (χ2v) is 6.06. The van der Waals surface area contributed by atoms with E-state index in [1.807, 2.05) is 38.1 Å². The summed E-state index contributed by atoms with van der Waals surface area (Å²) in [6, 6.07) is 7.91. The molecule has 0 radical (unpaired) electrons. The highest BCUT2D eigenvalue weighted by Crippen LogP contribution is 2.13. The number of halogens is 1. The third kappa shape index (κ3) is 9.67. The number of hydrogen-bond donors (Lipinski definition) is 3. The fourth-order valence-corrected chi connectivity index (χ4v) is 2.20. The van der Waals surface area contributed by atoms with Gasteiger partial charge in [0.05, 0.1) is 0 Å². The molecule has 0 aromatic heterocycles. The molecule has 0 fully saturated rings. The number of aliphatic imine (C=N–C) groups is 1. The molecular formula is C19H33IN4O. The summed E-state index contributed by atoms with van der Waals surface area (Å²) in [5, 5.41) is 9.59. The fourth-order valence-electron chi connectivity index (χ4n) is 2.20. The van der Waals surface area contributed by atoms with Crippen LogP contribution in [0.4, 0.5) is 5.69 Å². The Balaban J connectivity index is 0.00000576. The summed E-state index contributed by atoms with van der Waals surface area (Å²) in [5.41, 5.74) is 1.94. The zero-order valence-electron chi connectivity index (χ0n) is 15.9. The van der Waals surface area contributed by atoms with Gasteiger partial charge < -0.3 is 16.0 Å². The topological polar surface area (TPSA) is 65.5 Å². The Labute approximate surface area is 169 Å². The average molecular weight is 460 g/mol. The van der Waals surface area contributed by atoms with Gasteiger partial charge in [0, 0.05) is 31.7 Å². The van der Waals surface area contributed by atoms with E-state index >= 15 is 0 Å². The molecule has 1 unspecified atom stereocenters. The van der Waals surface area contributed by atoms with Gasteiger partial charge in [0.1, 0.15) is 0 Å². The Morgan fingerprint density at radius 1 is 1.20 bits per heavy atom. The van der Waals surface area contributed by atoms with E-state index in [4.69, 9.17) is 0 Å². The molecular weight excluding hydrogens is 427 g/mol. The monoisotopic (exact) mass is 460 g/mol. The molecule has 0 bridgehead atoms. The third-order valence-electron chi connectivity index (χ3n) is 4.01. The summed E-state index contributed by atoms with van der Waals surface area (Å²) in [7, 11) is 1.78. The van der Waals surface area contributed by atoms with E-state index in [1.165, 1.54) is 12.8 Å². The predicted molar refractivity (Wildman–Crippen MR) is 118 cm³/mol. The highest BCUT2D eigenvalue weighted by molar-refractivity contribution is 14.0. The van der Waals surface area contributed by atoms with E-state index in [0.717, 1.165) is 36.6 Å². The predicted octanol–water partition coefficient (Wildman–Crippen LogP) is 4.14. The molecule has 0 heterocycles. The van der Waals surface area contributed by atoms with Gasteiger partial charge in [-0.05, 0) is 30.5 Å². The summed E-state index contributed by atoms with van der Waals surface area (Å²) in [6.45, 7) is 7.75. The summed E-state index contributed by atoms with van der Waals surface area (Å²) in [6.07, 6.45) is 4.42. The lowest BCUT2D eigenvalue weighted by molar-refractivity contribution is -0.119. The highest BCUT2D eigenvalue weighted by atomic mass is 127. The van der Waals surface area contributed by atoms with Gasteiger partial charge in [-0.15, -0.1) is 24.0 Å². The summed E-state index contributed by atoms with van der Waals surface area (Å²) >= 11 is 0. The molecule has 1 rings (SSSR count). The van der Waals surface area contributed by atoms with Gasteiger partial charge in [0.2, 0.25) is 5.91 Å². The largest absolute Gasteiger partial charge is 0.356 e. The molecule has 0 saturated carbocycles. The van der Waals surface area contributed by atoms with Crippen molar-refractivity contribution in [1.29, 1.82) is 0 Å². The van der Waals surface area contributed by atoms with Gasteiger partial charge in [0.25, 0.3) is 0 Å². The number of nitrogens with one attached hydrogen (secondary N) is 3. The van der Waals surface area contributed by atoms with Crippen LogP contribution in [0, 0.1) is 5.92 Å². The van der Waals surface area contributed by atoms with Crippen molar-refractivity contribution in [2.75, 3.05) is 18.9 Å². The zero-order chi connectivity index (χ0) is 17.8. The minimum Gasteiger partial charge on any atom is -0.356 e. The Kier molecular flexibility index (Phi) is 13.2. The normalized spacial score (nSPS) is 12.1. The Hall–Kier alpha value is -1.31. The number of unbranched alkanes of at least 4 members (excludes halogenated alkanes) is 2. The maximum absolute atomic E-state index is 12.0. The van der Waals surface area contributed by atoms with Crippen molar-refractivity contribution in [3.05, 3.63) is 29.8 Å². The third-order valence-corrected chi connectivity index (χ3v) is 4.01. The fraction of sp³-hybridized carbons (Fsp3) is 0.579. The second-order valence-electron chi connectivity index (χ2n) is 6.06. The van der Waals surface area contributed by atoms with Gasteiger partial charge in [-0.2, -0.15) is 0 Å². The summed E-state index contributed by atoms with van der Waals surface area (Å²) < 4.78 is 0. The SMILES string of the molecule is CCCCCNC(=NC)NCc1cccc(NC(=O)C(C)CC)c1.I. The average Bonchev–Trinajstić information content (AvgIpc) is 2.60. The molecule has 1 aromatic carbocycles. The van der Waals surface area contributed by atoms with Gasteiger partial charge in [-0.3, -0.25) is 9.79 Å². The molecule has 25 heavy (non-hydrogen) atoms. The number of nitrogens with zero attached hydrogens (tertiary/aromatic N) is 1. The first kappa shape index (κ1) is 23.7. The second kappa shape index (κ2) is 13.9. The van der Waals surface area contributed by atoms with Crippen molar-refractivity contribution in [2.24, 2.45) is 10.9 Å². The Morgan fingerprint density at radius 2 is 1.96 bits per heavy atom. The quantitative estimate of drug-likeness (QED) is 0.225.